The van der Waals surface area contributed by atoms with Crippen LogP contribution in [0.1, 0.15) is 70.1 Å². The second kappa shape index (κ2) is 5.17. The van der Waals surface area contributed by atoms with Crippen LogP contribution >= 0.6 is 0 Å². The minimum absolute atomic E-state index is 0.401. The molecule has 0 bridgehead atoms. The molecule has 1 fully saturated rings. The van der Waals surface area contributed by atoms with E-state index in [0.29, 0.717) is 18.5 Å². The first-order valence-electron chi connectivity index (χ1n) is 6.77. The van der Waals surface area contributed by atoms with Crippen LogP contribution in [0.5, 0.6) is 0 Å². The van der Waals surface area contributed by atoms with Crippen molar-refractivity contribution in [3.05, 3.63) is 11.6 Å². The molecule has 0 aromatic carbocycles. The third-order valence-electron chi connectivity index (χ3n) is 3.87. The highest BCUT2D eigenvalue weighted by atomic mass is 15.3. The fraction of sp³-hybridized carbons (Fsp3) is 0.846. The largest absolute Gasteiger partial charge is 0.324 e. The summed E-state index contributed by atoms with van der Waals surface area (Å²) >= 11 is 0. The summed E-state index contributed by atoms with van der Waals surface area (Å²) in [6.45, 7) is 7.18. The Kier molecular flexibility index (Phi) is 3.82. The van der Waals surface area contributed by atoms with Crippen molar-refractivity contribution in [3.63, 3.8) is 0 Å². The maximum Gasteiger partial charge on any atom is 0.147 e. The van der Waals surface area contributed by atoms with Crippen LogP contribution in [-0.2, 0) is 6.54 Å². The van der Waals surface area contributed by atoms with Crippen molar-refractivity contribution in [1.29, 1.82) is 0 Å². The van der Waals surface area contributed by atoms with Gasteiger partial charge in [-0.05, 0) is 32.6 Å². The molecule has 0 spiro atoms. The lowest BCUT2D eigenvalue weighted by Crippen LogP contribution is -2.18. The van der Waals surface area contributed by atoms with Crippen LogP contribution in [0.4, 0.5) is 0 Å². The predicted octanol–water partition coefficient (Wildman–Crippen LogP) is 2.61. The van der Waals surface area contributed by atoms with E-state index < -0.39 is 0 Å². The number of hydrogen-bond acceptors (Lipinski definition) is 3. The molecule has 1 aliphatic carbocycles. The molecule has 96 valence electrons. The van der Waals surface area contributed by atoms with E-state index in [2.05, 4.69) is 35.5 Å². The predicted molar refractivity (Wildman–Crippen MR) is 68.7 cm³/mol. The van der Waals surface area contributed by atoms with Gasteiger partial charge >= 0.3 is 0 Å². The molecular formula is C13H24N4. The van der Waals surface area contributed by atoms with E-state index in [4.69, 9.17) is 5.73 Å². The van der Waals surface area contributed by atoms with Crippen LogP contribution in [-0.4, -0.2) is 14.8 Å². The Hall–Kier alpha value is -0.900. The number of hydrogen-bond donors (Lipinski definition) is 1. The molecule has 1 heterocycles. The molecule has 0 unspecified atom stereocenters. The summed E-state index contributed by atoms with van der Waals surface area (Å²) in [6, 6.07) is 0.401. The zero-order chi connectivity index (χ0) is 12.4. The number of nitrogens with zero attached hydrogens (tertiary/aromatic N) is 3. The molecule has 17 heavy (non-hydrogen) atoms. The van der Waals surface area contributed by atoms with Gasteiger partial charge in [-0.3, -0.25) is 0 Å². The average Bonchev–Trinajstić information content (AvgIpc) is 2.73. The fourth-order valence-corrected chi connectivity index (χ4v) is 2.84. The molecule has 2 rings (SSSR count). The second-order valence-electron chi connectivity index (χ2n) is 5.60. The molecule has 4 nitrogen and oxygen atoms in total. The molecule has 1 aromatic rings. The average molecular weight is 236 g/mol. The van der Waals surface area contributed by atoms with Crippen LogP contribution < -0.4 is 5.73 Å². The summed E-state index contributed by atoms with van der Waals surface area (Å²) in [5.41, 5.74) is 5.73. The fourth-order valence-electron chi connectivity index (χ4n) is 2.84. The molecule has 0 atom stereocenters. The molecule has 2 N–H and O–H groups in total. The van der Waals surface area contributed by atoms with Crippen molar-refractivity contribution in [2.24, 2.45) is 11.7 Å². The Morgan fingerprint density at radius 3 is 2.41 bits per heavy atom. The van der Waals surface area contributed by atoms with Crippen LogP contribution in [0, 0.1) is 5.92 Å². The highest BCUT2D eigenvalue weighted by Gasteiger charge is 2.26. The zero-order valence-corrected chi connectivity index (χ0v) is 11.2. The number of rotatable bonds is 3. The third kappa shape index (κ3) is 2.51. The lowest BCUT2D eigenvalue weighted by atomic mass is 9.82. The molecule has 1 aromatic heterocycles. The quantitative estimate of drug-likeness (QED) is 0.877. The van der Waals surface area contributed by atoms with Gasteiger partial charge in [0.1, 0.15) is 11.6 Å². The van der Waals surface area contributed by atoms with Gasteiger partial charge < -0.3 is 10.3 Å². The molecule has 4 heteroatoms. The normalized spacial score (nSPS) is 25.5. The van der Waals surface area contributed by atoms with Crippen molar-refractivity contribution >= 4 is 0 Å². The minimum Gasteiger partial charge on any atom is -0.324 e. The van der Waals surface area contributed by atoms with Crippen LogP contribution in [0.25, 0.3) is 0 Å². The van der Waals surface area contributed by atoms with E-state index >= 15 is 0 Å². The standard InChI is InChI=1S/C13H24N4/c1-9(2)17-12(8-14)15-16-13(17)11-6-4-10(3)5-7-11/h9-11H,4-8,14H2,1-3H3. The highest BCUT2D eigenvalue weighted by Crippen LogP contribution is 2.35. The van der Waals surface area contributed by atoms with Crippen LogP contribution in [0.2, 0.25) is 0 Å². The molecule has 0 aliphatic heterocycles. The monoisotopic (exact) mass is 236 g/mol. The Morgan fingerprint density at radius 1 is 1.24 bits per heavy atom. The highest BCUT2D eigenvalue weighted by molar-refractivity contribution is 5.05. The van der Waals surface area contributed by atoms with Gasteiger partial charge in [0.2, 0.25) is 0 Å². The SMILES string of the molecule is CC1CCC(c2nnc(CN)n2C(C)C)CC1. The first-order chi connectivity index (χ1) is 8.13. The van der Waals surface area contributed by atoms with Crippen molar-refractivity contribution in [2.45, 2.75) is 65.0 Å². The van der Waals surface area contributed by atoms with Crippen molar-refractivity contribution in [1.82, 2.24) is 14.8 Å². The molecule has 1 saturated carbocycles. The number of aromatic nitrogens is 3. The first kappa shape index (κ1) is 12.6. The summed E-state index contributed by atoms with van der Waals surface area (Å²) in [5, 5.41) is 8.63. The molecule has 0 amide bonds. The van der Waals surface area contributed by atoms with Crippen molar-refractivity contribution in [3.8, 4) is 0 Å². The Labute approximate surface area is 104 Å². The summed E-state index contributed by atoms with van der Waals surface area (Å²) in [6.07, 6.45) is 5.12. The van der Waals surface area contributed by atoms with Gasteiger partial charge in [0, 0.05) is 12.0 Å². The van der Waals surface area contributed by atoms with Gasteiger partial charge in [0.15, 0.2) is 0 Å². The van der Waals surface area contributed by atoms with Gasteiger partial charge in [-0.2, -0.15) is 0 Å². The Balaban J connectivity index is 2.23. The van der Waals surface area contributed by atoms with E-state index in [1.165, 1.54) is 25.7 Å². The van der Waals surface area contributed by atoms with E-state index in [1.54, 1.807) is 0 Å². The first-order valence-corrected chi connectivity index (χ1v) is 6.77. The molecule has 0 radical (unpaired) electrons. The summed E-state index contributed by atoms with van der Waals surface area (Å²) in [7, 11) is 0. The third-order valence-corrected chi connectivity index (χ3v) is 3.87. The van der Waals surface area contributed by atoms with Gasteiger partial charge in [-0.25, -0.2) is 0 Å². The van der Waals surface area contributed by atoms with E-state index in [9.17, 15) is 0 Å². The zero-order valence-electron chi connectivity index (χ0n) is 11.2. The molecular weight excluding hydrogens is 212 g/mol. The Bertz CT molecular complexity index is 361. The van der Waals surface area contributed by atoms with Gasteiger partial charge in [0.05, 0.1) is 6.54 Å². The lowest BCUT2D eigenvalue weighted by molar-refractivity contribution is 0.329. The molecule has 1 aliphatic rings. The second-order valence-corrected chi connectivity index (χ2v) is 5.60. The topological polar surface area (TPSA) is 56.7 Å². The Morgan fingerprint density at radius 2 is 1.88 bits per heavy atom. The van der Waals surface area contributed by atoms with Gasteiger partial charge in [0.25, 0.3) is 0 Å². The summed E-state index contributed by atoms with van der Waals surface area (Å²) < 4.78 is 2.24. The summed E-state index contributed by atoms with van der Waals surface area (Å²) in [5.74, 6) is 3.54. The molecule has 0 saturated heterocycles. The summed E-state index contributed by atoms with van der Waals surface area (Å²) in [4.78, 5) is 0. The lowest BCUT2D eigenvalue weighted by Gasteiger charge is -2.27. The van der Waals surface area contributed by atoms with Crippen LogP contribution in [0.15, 0.2) is 0 Å². The minimum atomic E-state index is 0.401. The number of nitrogens with two attached hydrogens (primary N) is 1. The van der Waals surface area contributed by atoms with E-state index in [1.807, 2.05) is 0 Å². The maximum absolute atomic E-state index is 5.73. The van der Waals surface area contributed by atoms with Gasteiger partial charge in [-0.1, -0.05) is 19.8 Å². The van der Waals surface area contributed by atoms with E-state index in [-0.39, 0.29) is 0 Å². The van der Waals surface area contributed by atoms with Gasteiger partial charge in [-0.15, -0.1) is 10.2 Å². The maximum atomic E-state index is 5.73. The van der Waals surface area contributed by atoms with Crippen molar-refractivity contribution < 1.29 is 0 Å². The van der Waals surface area contributed by atoms with Crippen LogP contribution in [0.3, 0.4) is 0 Å². The smallest absolute Gasteiger partial charge is 0.147 e. The van der Waals surface area contributed by atoms with E-state index in [0.717, 1.165) is 17.6 Å². The van der Waals surface area contributed by atoms with Crippen molar-refractivity contribution in [2.75, 3.05) is 0 Å².